The van der Waals surface area contributed by atoms with Crippen LogP contribution in [0.1, 0.15) is 41.4 Å². The Balaban J connectivity index is 1.35. The van der Waals surface area contributed by atoms with E-state index in [1.807, 2.05) is 24.3 Å². The molecule has 1 aliphatic rings. The quantitative estimate of drug-likeness (QED) is 0.200. The van der Waals surface area contributed by atoms with Crippen LogP contribution in [0.25, 0.3) is 0 Å². The molecule has 1 atom stereocenters. The second-order valence-corrected chi connectivity index (χ2v) is 19.8. The summed E-state index contributed by atoms with van der Waals surface area (Å²) in [5.41, 5.74) is 2.32. The second kappa shape index (κ2) is 14.7. The second-order valence-electron chi connectivity index (χ2n) is 13.2. The summed E-state index contributed by atoms with van der Waals surface area (Å²) in [7, 11) is 4.83. The predicted molar refractivity (Wildman–Crippen MR) is 179 cm³/mol. The number of thiophene rings is 1. The summed E-state index contributed by atoms with van der Waals surface area (Å²) in [5, 5.41) is 12.2. The van der Waals surface area contributed by atoms with Crippen molar-refractivity contribution < 1.29 is 19.4 Å². The van der Waals surface area contributed by atoms with Gasteiger partial charge in [-0.3, -0.25) is 9.80 Å². The maximum absolute atomic E-state index is 12.6. The van der Waals surface area contributed by atoms with Gasteiger partial charge in [-0.05, 0) is 79.8 Å². The Hall–Kier alpha value is -2.85. The van der Waals surface area contributed by atoms with Crippen LogP contribution in [0.4, 0.5) is 4.79 Å². The molecular weight excluding hydrogens is 575 g/mol. The molecule has 234 valence electrons. The molecule has 1 aliphatic heterocycles. The molecule has 9 heteroatoms. The first kappa shape index (κ1) is 33.0. The number of hydrogen-bond donors (Lipinski definition) is 1. The summed E-state index contributed by atoms with van der Waals surface area (Å²) < 4.78 is 12.1. The van der Waals surface area contributed by atoms with E-state index in [4.69, 9.17) is 9.47 Å². The third-order valence-corrected chi connectivity index (χ3v) is 11.2. The average molecular weight is 624 g/mol. The summed E-state index contributed by atoms with van der Waals surface area (Å²) in [5.74, 6) is 1.17. The van der Waals surface area contributed by atoms with Gasteiger partial charge in [0.05, 0.1) is 6.61 Å². The lowest BCUT2D eigenvalue weighted by Gasteiger charge is -2.46. The first-order valence-electron chi connectivity index (χ1n) is 15.3. The van der Waals surface area contributed by atoms with Crippen molar-refractivity contribution in [2.45, 2.75) is 63.1 Å². The molecule has 0 spiro atoms. The molecule has 0 radical (unpaired) electrons. The highest BCUT2D eigenvalue weighted by atomic mass is 32.1. The number of phenolic OH excluding ortho intramolecular Hbond substituents is 1. The van der Waals surface area contributed by atoms with Gasteiger partial charge in [0.2, 0.25) is 0 Å². The molecular formula is C34H49N3O4SSi. The third-order valence-electron chi connectivity index (χ3n) is 8.48. The topological polar surface area (TPSA) is 65.5 Å². The van der Waals surface area contributed by atoms with Crippen LogP contribution in [0.5, 0.6) is 11.5 Å². The van der Waals surface area contributed by atoms with E-state index in [1.165, 1.54) is 11.1 Å². The Labute approximate surface area is 263 Å². The first-order chi connectivity index (χ1) is 20.4. The molecule has 2 heterocycles. The van der Waals surface area contributed by atoms with Gasteiger partial charge in [-0.25, -0.2) is 4.79 Å². The summed E-state index contributed by atoms with van der Waals surface area (Å²) in [4.78, 5) is 20.2. The van der Waals surface area contributed by atoms with Crippen LogP contribution >= 0.6 is 11.3 Å². The largest absolute Gasteiger partial charge is 0.508 e. The lowest BCUT2D eigenvalue weighted by Crippen LogP contribution is -2.50. The van der Waals surface area contributed by atoms with Gasteiger partial charge in [0, 0.05) is 58.1 Å². The van der Waals surface area contributed by atoms with Gasteiger partial charge < -0.3 is 19.5 Å². The van der Waals surface area contributed by atoms with Crippen molar-refractivity contribution in [1.29, 1.82) is 0 Å². The number of amides is 1. The zero-order valence-electron chi connectivity index (χ0n) is 26.7. The number of carbonyl (C=O) groups excluding carboxylic acids is 1. The van der Waals surface area contributed by atoms with Crippen LogP contribution in [0, 0.1) is 0 Å². The van der Waals surface area contributed by atoms with E-state index in [-0.39, 0.29) is 17.7 Å². The zero-order chi connectivity index (χ0) is 31.0. The number of nitrogens with zero attached hydrogens (tertiary/aromatic N) is 3. The minimum Gasteiger partial charge on any atom is -0.508 e. The standard InChI is InChI=1S/C34H49N3O4SSi/c1-35(2)34(28-11-8-12-29(38)25-28)16-19-37(20-17-34)26-27-10-7-13-30(24-27)41-31(32-14-9-22-42-32)15-18-36(3)33(39)40-21-23-43(4,5)6/h7-14,22,24-25,31,38H,15-21,23,26H2,1-6H3/t31-/m0/s1. The van der Waals surface area contributed by atoms with Crippen molar-refractivity contribution in [3.05, 3.63) is 82.0 Å². The normalized spacial score (nSPS) is 16.2. The third kappa shape index (κ3) is 9.32. The van der Waals surface area contributed by atoms with E-state index in [9.17, 15) is 9.90 Å². The van der Waals surface area contributed by atoms with Crippen LogP contribution in [0.15, 0.2) is 66.0 Å². The molecule has 2 aromatic carbocycles. The van der Waals surface area contributed by atoms with Crippen molar-refractivity contribution in [3.63, 3.8) is 0 Å². The zero-order valence-corrected chi connectivity index (χ0v) is 28.5. The number of hydrogen-bond acceptors (Lipinski definition) is 7. The fourth-order valence-electron chi connectivity index (χ4n) is 5.70. The van der Waals surface area contributed by atoms with Crippen LogP contribution < -0.4 is 4.74 Å². The number of piperidine rings is 1. The van der Waals surface area contributed by atoms with E-state index in [0.29, 0.717) is 25.3 Å². The fourth-order valence-corrected chi connectivity index (χ4v) is 7.20. The Kier molecular flexibility index (Phi) is 11.3. The molecule has 0 aliphatic carbocycles. The van der Waals surface area contributed by atoms with Crippen LogP contribution in [0.3, 0.4) is 0 Å². The number of carbonyl (C=O) groups is 1. The summed E-state index contributed by atoms with van der Waals surface area (Å²) in [6, 6.07) is 21.2. The van der Waals surface area contributed by atoms with Gasteiger partial charge >= 0.3 is 6.09 Å². The molecule has 1 amide bonds. The Morgan fingerprint density at radius 2 is 1.79 bits per heavy atom. The molecule has 4 rings (SSSR count). The van der Waals surface area contributed by atoms with E-state index in [2.05, 4.69) is 79.2 Å². The minimum absolute atomic E-state index is 0.0813. The van der Waals surface area contributed by atoms with Crippen molar-refractivity contribution >= 4 is 25.5 Å². The highest BCUT2D eigenvalue weighted by Gasteiger charge is 2.38. The van der Waals surface area contributed by atoms with Gasteiger partial charge in [-0.2, -0.15) is 0 Å². The monoisotopic (exact) mass is 623 g/mol. The van der Waals surface area contributed by atoms with Crippen molar-refractivity contribution in [2.24, 2.45) is 0 Å². The summed E-state index contributed by atoms with van der Waals surface area (Å²) >= 11 is 1.68. The van der Waals surface area contributed by atoms with Crippen molar-refractivity contribution in [2.75, 3.05) is 47.4 Å². The Morgan fingerprint density at radius 1 is 1.05 bits per heavy atom. The number of phenols is 1. The number of benzene rings is 2. The fraction of sp³-hybridized carbons (Fsp3) is 0.500. The Morgan fingerprint density at radius 3 is 2.44 bits per heavy atom. The number of aromatic hydroxyl groups is 1. The van der Waals surface area contributed by atoms with Gasteiger partial charge in [0.25, 0.3) is 0 Å². The average Bonchev–Trinajstić information content (AvgIpc) is 3.50. The van der Waals surface area contributed by atoms with Crippen molar-refractivity contribution in [1.82, 2.24) is 14.7 Å². The van der Waals surface area contributed by atoms with Crippen molar-refractivity contribution in [3.8, 4) is 11.5 Å². The number of ether oxygens (including phenoxy) is 2. The predicted octanol–water partition coefficient (Wildman–Crippen LogP) is 7.42. The van der Waals surface area contributed by atoms with Crippen LogP contribution in [-0.2, 0) is 16.8 Å². The van der Waals surface area contributed by atoms with Gasteiger partial charge in [0.15, 0.2) is 0 Å². The van der Waals surface area contributed by atoms with Crippen LogP contribution in [-0.4, -0.2) is 81.4 Å². The smallest absolute Gasteiger partial charge is 0.409 e. The van der Waals surface area contributed by atoms with E-state index >= 15 is 0 Å². The Bertz CT molecular complexity index is 1300. The van der Waals surface area contributed by atoms with E-state index in [1.54, 1.807) is 29.4 Å². The van der Waals surface area contributed by atoms with Gasteiger partial charge in [0.1, 0.15) is 17.6 Å². The van der Waals surface area contributed by atoms with Gasteiger partial charge in [-0.15, -0.1) is 11.3 Å². The first-order valence-corrected chi connectivity index (χ1v) is 19.9. The van der Waals surface area contributed by atoms with Crippen LogP contribution in [0.2, 0.25) is 25.7 Å². The SMILES string of the molecule is CN(CC[C@H](Oc1cccc(CN2CCC(c3cccc(O)c3)(N(C)C)CC2)c1)c1cccs1)C(=O)OCC[Si](C)(C)C. The highest BCUT2D eigenvalue weighted by molar-refractivity contribution is 7.10. The molecule has 1 aromatic heterocycles. The molecule has 1 saturated heterocycles. The minimum atomic E-state index is -1.25. The van der Waals surface area contributed by atoms with E-state index in [0.717, 1.165) is 49.1 Å². The maximum Gasteiger partial charge on any atom is 0.409 e. The lowest BCUT2D eigenvalue weighted by atomic mass is 9.79. The summed E-state index contributed by atoms with van der Waals surface area (Å²) in [6.07, 6.45) is 2.25. The number of likely N-dealkylation sites (tertiary alicyclic amines) is 1. The molecule has 43 heavy (non-hydrogen) atoms. The summed E-state index contributed by atoms with van der Waals surface area (Å²) in [6.45, 7) is 10.7. The molecule has 0 bridgehead atoms. The molecule has 0 saturated carbocycles. The highest BCUT2D eigenvalue weighted by Crippen LogP contribution is 2.39. The number of rotatable bonds is 13. The molecule has 1 fully saturated rings. The maximum atomic E-state index is 12.6. The van der Waals surface area contributed by atoms with E-state index < -0.39 is 8.07 Å². The molecule has 7 nitrogen and oxygen atoms in total. The molecule has 0 unspecified atom stereocenters. The molecule has 1 N–H and O–H groups in total. The molecule has 3 aromatic rings. The van der Waals surface area contributed by atoms with Gasteiger partial charge in [-0.1, -0.05) is 50.0 Å². The lowest BCUT2D eigenvalue weighted by molar-refractivity contribution is 0.0505.